The average molecular weight is 448 g/mol. The number of aromatic hydroxyl groups is 1. The summed E-state index contributed by atoms with van der Waals surface area (Å²) >= 11 is 0. The number of aromatic nitrogens is 1. The van der Waals surface area contributed by atoms with Crippen LogP contribution in [0.15, 0.2) is 67.0 Å². The molecule has 0 spiro atoms. The molecular formula is C24H21FN4O4. The van der Waals surface area contributed by atoms with Gasteiger partial charge in [0.2, 0.25) is 0 Å². The van der Waals surface area contributed by atoms with E-state index >= 15 is 0 Å². The van der Waals surface area contributed by atoms with Crippen LogP contribution >= 0.6 is 0 Å². The molecule has 2 aromatic carbocycles. The van der Waals surface area contributed by atoms with Crippen molar-refractivity contribution in [2.45, 2.75) is 12.1 Å². The molecule has 1 aromatic heterocycles. The lowest BCUT2D eigenvalue weighted by atomic mass is 10.0. The number of carbonyl (C=O) groups is 3. The zero-order chi connectivity index (χ0) is 23.4. The molecular weight excluding hydrogens is 427 g/mol. The standard InChI is InChI=1S/C24H21FN4O4/c25-17-2-1-3-20(30)21(17)22(31)14-4-6-15(7-5-14)23(32)28-18-12-27-13-19(18)29-24(33)16-8-10-26-11-9-16/h1-11,18-19,27,30H,12-13H2,(H,28,32)(H,29,33)/t18-,19-/m1/s1. The number of rotatable bonds is 6. The van der Waals surface area contributed by atoms with Crippen LogP contribution in [0, 0.1) is 5.82 Å². The van der Waals surface area contributed by atoms with Crippen molar-refractivity contribution in [3.05, 3.63) is 95.1 Å². The van der Waals surface area contributed by atoms with Crippen LogP contribution in [0.1, 0.15) is 36.6 Å². The highest BCUT2D eigenvalue weighted by Crippen LogP contribution is 2.23. The first-order valence-electron chi connectivity index (χ1n) is 10.3. The minimum Gasteiger partial charge on any atom is -0.507 e. The number of nitrogens with one attached hydrogen (secondary N) is 3. The maximum Gasteiger partial charge on any atom is 0.251 e. The van der Waals surface area contributed by atoms with Crippen molar-refractivity contribution in [3.63, 3.8) is 0 Å². The molecule has 4 rings (SSSR count). The second-order valence-electron chi connectivity index (χ2n) is 7.59. The highest BCUT2D eigenvalue weighted by atomic mass is 19.1. The third-order valence-electron chi connectivity index (χ3n) is 5.42. The molecule has 9 heteroatoms. The molecule has 2 atom stereocenters. The Morgan fingerprint density at radius 3 is 1.97 bits per heavy atom. The molecule has 1 aliphatic rings. The predicted molar refractivity (Wildman–Crippen MR) is 118 cm³/mol. The molecule has 0 bridgehead atoms. The second kappa shape index (κ2) is 9.58. The Morgan fingerprint density at radius 1 is 0.848 bits per heavy atom. The van der Waals surface area contributed by atoms with Crippen molar-refractivity contribution in [2.24, 2.45) is 0 Å². The average Bonchev–Trinajstić information content (AvgIpc) is 3.25. The number of phenolic OH excluding ortho intramolecular Hbond substituents is 1. The molecule has 0 unspecified atom stereocenters. The van der Waals surface area contributed by atoms with Crippen LogP contribution in [0.5, 0.6) is 5.75 Å². The number of pyridine rings is 1. The van der Waals surface area contributed by atoms with Gasteiger partial charge in [0, 0.05) is 42.2 Å². The molecule has 1 saturated heterocycles. The van der Waals surface area contributed by atoms with E-state index in [1.807, 2.05) is 0 Å². The van der Waals surface area contributed by atoms with E-state index in [1.165, 1.54) is 48.8 Å². The van der Waals surface area contributed by atoms with Gasteiger partial charge in [0.05, 0.1) is 17.6 Å². The van der Waals surface area contributed by atoms with E-state index in [-0.39, 0.29) is 29.5 Å². The molecule has 0 aliphatic carbocycles. The fraction of sp³-hybridized carbons (Fsp3) is 0.167. The maximum absolute atomic E-state index is 14.0. The van der Waals surface area contributed by atoms with Gasteiger partial charge in [0.25, 0.3) is 11.8 Å². The summed E-state index contributed by atoms with van der Waals surface area (Å²) in [5.74, 6) is -2.59. The Hall–Kier alpha value is -4.11. The zero-order valence-electron chi connectivity index (χ0n) is 17.4. The summed E-state index contributed by atoms with van der Waals surface area (Å²) in [5.41, 5.74) is 0.495. The molecule has 168 valence electrons. The van der Waals surface area contributed by atoms with Crippen LogP contribution in [0.2, 0.25) is 0 Å². The number of ketones is 1. The van der Waals surface area contributed by atoms with Gasteiger partial charge in [-0.1, -0.05) is 18.2 Å². The first-order valence-corrected chi connectivity index (χ1v) is 10.3. The molecule has 33 heavy (non-hydrogen) atoms. The Morgan fingerprint density at radius 2 is 1.39 bits per heavy atom. The Balaban J connectivity index is 1.41. The fourth-order valence-electron chi connectivity index (χ4n) is 3.64. The van der Waals surface area contributed by atoms with Crippen LogP contribution in [-0.2, 0) is 0 Å². The summed E-state index contributed by atoms with van der Waals surface area (Å²) in [6, 6.07) is 11.9. The lowest BCUT2D eigenvalue weighted by Gasteiger charge is -2.21. The van der Waals surface area contributed by atoms with Gasteiger partial charge >= 0.3 is 0 Å². The van der Waals surface area contributed by atoms with E-state index in [0.29, 0.717) is 24.2 Å². The van der Waals surface area contributed by atoms with Gasteiger partial charge in [-0.25, -0.2) is 4.39 Å². The Bertz CT molecular complexity index is 1160. The summed E-state index contributed by atoms with van der Waals surface area (Å²) in [4.78, 5) is 41.6. The van der Waals surface area contributed by atoms with Crippen LogP contribution in [0.25, 0.3) is 0 Å². The molecule has 0 radical (unpaired) electrons. The lowest BCUT2D eigenvalue weighted by molar-refractivity contribution is 0.0896. The molecule has 0 saturated carbocycles. The summed E-state index contributed by atoms with van der Waals surface area (Å²) in [6.45, 7) is 0.984. The topological polar surface area (TPSA) is 120 Å². The van der Waals surface area contributed by atoms with E-state index in [4.69, 9.17) is 0 Å². The molecule has 1 fully saturated rings. The summed E-state index contributed by atoms with van der Waals surface area (Å²) in [6.07, 6.45) is 3.06. The third kappa shape index (κ3) is 4.88. The Labute approximate surface area is 188 Å². The van der Waals surface area contributed by atoms with E-state index in [1.54, 1.807) is 12.1 Å². The summed E-state index contributed by atoms with van der Waals surface area (Å²) < 4.78 is 14.0. The number of phenols is 1. The zero-order valence-corrected chi connectivity index (χ0v) is 17.4. The van der Waals surface area contributed by atoms with Gasteiger partial charge in [0.15, 0.2) is 5.78 Å². The van der Waals surface area contributed by atoms with E-state index in [2.05, 4.69) is 20.9 Å². The molecule has 3 aromatic rings. The highest BCUT2D eigenvalue weighted by molar-refractivity contribution is 6.11. The summed E-state index contributed by atoms with van der Waals surface area (Å²) in [5, 5.41) is 18.8. The van der Waals surface area contributed by atoms with Gasteiger partial charge in [-0.15, -0.1) is 0 Å². The Kier molecular flexibility index (Phi) is 6.41. The maximum atomic E-state index is 14.0. The lowest BCUT2D eigenvalue weighted by Crippen LogP contribution is -2.51. The highest BCUT2D eigenvalue weighted by Gasteiger charge is 2.30. The number of halogens is 1. The molecule has 4 N–H and O–H groups in total. The quantitative estimate of drug-likeness (QED) is 0.426. The van der Waals surface area contributed by atoms with E-state index < -0.39 is 22.9 Å². The van der Waals surface area contributed by atoms with Crippen molar-refractivity contribution in [1.29, 1.82) is 0 Å². The molecule has 8 nitrogen and oxygen atoms in total. The third-order valence-corrected chi connectivity index (χ3v) is 5.42. The van der Waals surface area contributed by atoms with Gasteiger partial charge in [0.1, 0.15) is 11.6 Å². The van der Waals surface area contributed by atoms with Crippen molar-refractivity contribution < 1.29 is 23.9 Å². The van der Waals surface area contributed by atoms with Crippen LogP contribution in [0.4, 0.5) is 4.39 Å². The van der Waals surface area contributed by atoms with Crippen LogP contribution in [0.3, 0.4) is 0 Å². The second-order valence-corrected chi connectivity index (χ2v) is 7.59. The van der Waals surface area contributed by atoms with Crippen molar-refractivity contribution in [3.8, 4) is 5.75 Å². The van der Waals surface area contributed by atoms with Crippen LogP contribution < -0.4 is 16.0 Å². The smallest absolute Gasteiger partial charge is 0.251 e. The first-order chi connectivity index (χ1) is 15.9. The minimum atomic E-state index is -0.824. The van der Waals surface area contributed by atoms with Crippen molar-refractivity contribution >= 4 is 17.6 Å². The van der Waals surface area contributed by atoms with Gasteiger partial charge in [-0.3, -0.25) is 19.4 Å². The number of hydrogen-bond donors (Lipinski definition) is 4. The molecule has 1 aliphatic heterocycles. The van der Waals surface area contributed by atoms with Crippen LogP contribution in [-0.4, -0.2) is 52.9 Å². The van der Waals surface area contributed by atoms with E-state index in [0.717, 1.165) is 6.07 Å². The fourth-order valence-corrected chi connectivity index (χ4v) is 3.64. The van der Waals surface area contributed by atoms with Crippen molar-refractivity contribution in [2.75, 3.05) is 13.1 Å². The monoisotopic (exact) mass is 448 g/mol. The first kappa shape index (κ1) is 22.1. The molecule has 2 amide bonds. The van der Waals surface area contributed by atoms with Gasteiger partial charge in [-0.2, -0.15) is 0 Å². The van der Waals surface area contributed by atoms with Crippen molar-refractivity contribution in [1.82, 2.24) is 20.9 Å². The summed E-state index contributed by atoms with van der Waals surface area (Å²) in [7, 11) is 0. The number of hydrogen-bond acceptors (Lipinski definition) is 6. The molecule has 2 heterocycles. The van der Waals surface area contributed by atoms with Gasteiger partial charge < -0.3 is 21.1 Å². The minimum absolute atomic E-state index is 0.136. The number of amides is 2. The number of nitrogens with zero attached hydrogens (tertiary/aromatic N) is 1. The predicted octanol–water partition coefficient (Wildman–Crippen LogP) is 1.66. The number of carbonyl (C=O) groups excluding carboxylic acids is 3. The SMILES string of the molecule is O=C(N[C@@H]1CNC[C@H]1NC(=O)c1ccc(C(=O)c2c(O)cccc2F)cc1)c1ccncc1. The normalized spacial score (nSPS) is 17.4. The van der Waals surface area contributed by atoms with Gasteiger partial charge in [-0.05, 0) is 36.4 Å². The number of benzene rings is 2. The largest absolute Gasteiger partial charge is 0.507 e. The van der Waals surface area contributed by atoms with E-state index in [9.17, 15) is 23.9 Å².